The predicted molar refractivity (Wildman–Crippen MR) is 98.1 cm³/mol. The van der Waals surface area contributed by atoms with Gasteiger partial charge in [0.2, 0.25) is 0 Å². The second kappa shape index (κ2) is 12.2. The lowest BCUT2D eigenvalue weighted by Gasteiger charge is -2.12. The minimum Gasteiger partial charge on any atom is -0.406 e. The maximum Gasteiger partial charge on any atom is 0.573 e. The molecule has 0 amide bonds. The summed E-state index contributed by atoms with van der Waals surface area (Å²) in [5.74, 6) is 0.463. The van der Waals surface area contributed by atoms with Gasteiger partial charge in [-0.2, -0.15) is 0 Å². The lowest BCUT2D eigenvalue weighted by molar-refractivity contribution is -0.274. The molecular weight excluding hydrogens is 438 g/mol. The molecule has 2 N–H and O–H groups in total. The van der Waals surface area contributed by atoms with Crippen molar-refractivity contribution in [2.75, 3.05) is 33.4 Å². The number of ether oxygens (including phenoxy) is 2. The minimum absolute atomic E-state index is 0. The van der Waals surface area contributed by atoms with E-state index in [4.69, 9.17) is 4.74 Å². The highest BCUT2D eigenvalue weighted by Crippen LogP contribution is 2.22. The zero-order valence-electron chi connectivity index (χ0n) is 13.7. The molecule has 0 spiro atoms. The van der Waals surface area contributed by atoms with Gasteiger partial charge in [-0.15, -0.1) is 37.1 Å². The topological polar surface area (TPSA) is 54.9 Å². The first-order chi connectivity index (χ1) is 10.9. The van der Waals surface area contributed by atoms with Gasteiger partial charge in [-0.1, -0.05) is 12.1 Å². The number of aliphatic imine (C=N–C) groups is 1. The standard InChI is InChI=1S/C15H22F3N3O2.HI/c1-3-19-14(21-10-11-22-2)20-9-8-12-4-6-13(7-5-12)23-15(16,17)18;/h4-7H,3,8-11H2,1-2H3,(H2,19,20,21);1H. The molecule has 0 aliphatic rings. The summed E-state index contributed by atoms with van der Waals surface area (Å²) in [6.45, 7) is 4.40. The normalized spacial score (nSPS) is 11.6. The summed E-state index contributed by atoms with van der Waals surface area (Å²) in [5.41, 5.74) is 0.903. The summed E-state index contributed by atoms with van der Waals surface area (Å²) in [6.07, 6.45) is -4.01. The van der Waals surface area contributed by atoms with Gasteiger partial charge in [0.05, 0.1) is 13.2 Å². The largest absolute Gasteiger partial charge is 0.573 e. The second-order valence-electron chi connectivity index (χ2n) is 4.62. The van der Waals surface area contributed by atoms with Crippen molar-refractivity contribution in [1.82, 2.24) is 10.6 Å². The molecule has 1 aromatic rings. The van der Waals surface area contributed by atoms with E-state index in [2.05, 4.69) is 20.4 Å². The van der Waals surface area contributed by atoms with Gasteiger partial charge >= 0.3 is 6.36 Å². The third kappa shape index (κ3) is 10.5. The Labute approximate surface area is 157 Å². The maximum atomic E-state index is 12.1. The van der Waals surface area contributed by atoms with E-state index in [1.54, 1.807) is 19.2 Å². The van der Waals surface area contributed by atoms with Gasteiger partial charge in [-0.05, 0) is 31.0 Å². The quantitative estimate of drug-likeness (QED) is 0.271. The lowest BCUT2D eigenvalue weighted by atomic mass is 10.1. The SMILES string of the molecule is CCNC(=NCCOC)NCCc1ccc(OC(F)(F)F)cc1.I. The Balaban J connectivity index is 0.00000529. The van der Waals surface area contributed by atoms with E-state index in [-0.39, 0.29) is 29.7 Å². The molecule has 0 fully saturated rings. The van der Waals surface area contributed by atoms with Crippen molar-refractivity contribution in [2.45, 2.75) is 19.7 Å². The number of nitrogens with one attached hydrogen (secondary N) is 2. The molecule has 0 heterocycles. The summed E-state index contributed by atoms with van der Waals surface area (Å²) < 4.78 is 45.0. The molecule has 9 heteroatoms. The molecular formula is C15H23F3IN3O2. The van der Waals surface area contributed by atoms with E-state index in [9.17, 15) is 13.2 Å². The fourth-order valence-corrected chi connectivity index (χ4v) is 1.77. The van der Waals surface area contributed by atoms with Crippen molar-refractivity contribution in [3.63, 3.8) is 0 Å². The van der Waals surface area contributed by atoms with Crippen LogP contribution in [0.1, 0.15) is 12.5 Å². The van der Waals surface area contributed by atoms with E-state index in [0.29, 0.717) is 32.1 Å². The van der Waals surface area contributed by atoms with E-state index in [0.717, 1.165) is 12.1 Å². The van der Waals surface area contributed by atoms with Crippen LogP contribution in [0.2, 0.25) is 0 Å². The summed E-state index contributed by atoms with van der Waals surface area (Å²) in [6, 6.07) is 5.83. The smallest absolute Gasteiger partial charge is 0.406 e. The number of rotatable bonds is 8. The Bertz CT molecular complexity index is 482. The third-order valence-electron chi connectivity index (χ3n) is 2.77. The van der Waals surface area contributed by atoms with Crippen LogP contribution in [0.25, 0.3) is 0 Å². The number of halogens is 4. The van der Waals surface area contributed by atoms with Gasteiger partial charge < -0.3 is 20.1 Å². The molecule has 0 aliphatic carbocycles. The number of hydrogen-bond acceptors (Lipinski definition) is 3. The van der Waals surface area contributed by atoms with Gasteiger partial charge in [-0.3, -0.25) is 4.99 Å². The summed E-state index contributed by atoms with van der Waals surface area (Å²) in [5, 5.41) is 6.25. The first-order valence-corrected chi connectivity index (χ1v) is 7.30. The zero-order valence-corrected chi connectivity index (χ0v) is 16.0. The van der Waals surface area contributed by atoms with Crippen molar-refractivity contribution >= 4 is 29.9 Å². The molecule has 0 aromatic heterocycles. The average Bonchev–Trinajstić information content (AvgIpc) is 2.48. The van der Waals surface area contributed by atoms with Gasteiger partial charge in [0, 0.05) is 20.2 Å². The van der Waals surface area contributed by atoms with Gasteiger partial charge in [0.1, 0.15) is 5.75 Å². The number of hydrogen-bond donors (Lipinski definition) is 2. The second-order valence-corrected chi connectivity index (χ2v) is 4.62. The van der Waals surface area contributed by atoms with Crippen LogP contribution < -0.4 is 15.4 Å². The maximum absolute atomic E-state index is 12.1. The molecule has 0 bridgehead atoms. The van der Waals surface area contributed by atoms with Crippen LogP contribution >= 0.6 is 24.0 Å². The molecule has 0 radical (unpaired) electrons. The zero-order chi connectivity index (χ0) is 17.1. The van der Waals surface area contributed by atoms with Crippen LogP contribution in [-0.4, -0.2) is 45.7 Å². The molecule has 0 unspecified atom stereocenters. The highest BCUT2D eigenvalue weighted by molar-refractivity contribution is 14.0. The fourth-order valence-electron chi connectivity index (χ4n) is 1.77. The summed E-state index contributed by atoms with van der Waals surface area (Å²) in [4.78, 5) is 4.31. The van der Waals surface area contributed by atoms with Gasteiger partial charge in [0.25, 0.3) is 0 Å². The van der Waals surface area contributed by atoms with Crippen molar-refractivity contribution < 1.29 is 22.6 Å². The molecule has 138 valence electrons. The van der Waals surface area contributed by atoms with Crippen LogP contribution in [0.3, 0.4) is 0 Å². The van der Waals surface area contributed by atoms with Crippen LogP contribution in [-0.2, 0) is 11.2 Å². The van der Waals surface area contributed by atoms with Gasteiger partial charge in [0.15, 0.2) is 5.96 Å². The lowest BCUT2D eigenvalue weighted by Crippen LogP contribution is -2.38. The van der Waals surface area contributed by atoms with Crippen molar-refractivity contribution in [2.24, 2.45) is 4.99 Å². The van der Waals surface area contributed by atoms with Crippen LogP contribution in [0.4, 0.5) is 13.2 Å². The first-order valence-electron chi connectivity index (χ1n) is 7.30. The Hall–Kier alpha value is -1.23. The van der Waals surface area contributed by atoms with Gasteiger partial charge in [-0.25, -0.2) is 0 Å². The molecule has 5 nitrogen and oxygen atoms in total. The number of benzene rings is 1. The minimum atomic E-state index is -4.66. The van der Waals surface area contributed by atoms with E-state index < -0.39 is 6.36 Å². The molecule has 0 aliphatic heterocycles. The fraction of sp³-hybridized carbons (Fsp3) is 0.533. The molecule has 0 saturated heterocycles. The third-order valence-corrected chi connectivity index (χ3v) is 2.77. The highest BCUT2D eigenvalue weighted by atomic mass is 127. The highest BCUT2D eigenvalue weighted by Gasteiger charge is 2.30. The average molecular weight is 461 g/mol. The number of nitrogens with zero attached hydrogens (tertiary/aromatic N) is 1. The summed E-state index contributed by atoms with van der Waals surface area (Å²) >= 11 is 0. The van der Waals surface area contributed by atoms with E-state index in [1.807, 2.05) is 6.92 Å². The van der Waals surface area contributed by atoms with Crippen LogP contribution in [0.5, 0.6) is 5.75 Å². The van der Waals surface area contributed by atoms with Crippen molar-refractivity contribution in [3.05, 3.63) is 29.8 Å². The Morgan fingerprint density at radius 1 is 1.17 bits per heavy atom. The molecule has 0 atom stereocenters. The number of methoxy groups -OCH3 is 1. The van der Waals surface area contributed by atoms with Crippen molar-refractivity contribution in [1.29, 1.82) is 0 Å². The van der Waals surface area contributed by atoms with Crippen LogP contribution in [0, 0.1) is 0 Å². The number of guanidine groups is 1. The van der Waals surface area contributed by atoms with Crippen molar-refractivity contribution in [3.8, 4) is 5.75 Å². The molecule has 1 aromatic carbocycles. The number of alkyl halides is 3. The molecule has 24 heavy (non-hydrogen) atoms. The van der Waals surface area contributed by atoms with Crippen LogP contribution in [0.15, 0.2) is 29.3 Å². The molecule has 1 rings (SSSR count). The Morgan fingerprint density at radius 2 is 1.83 bits per heavy atom. The van der Waals surface area contributed by atoms with E-state index >= 15 is 0 Å². The Morgan fingerprint density at radius 3 is 2.38 bits per heavy atom. The monoisotopic (exact) mass is 461 g/mol. The summed E-state index contributed by atoms with van der Waals surface area (Å²) in [7, 11) is 1.61. The Kier molecular flexibility index (Phi) is 11.6. The first kappa shape index (κ1) is 22.8. The van der Waals surface area contributed by atoms with E-state index in [1.165, 1.54) is 12.1 Å². The predicted octanol–water partition coefficient (Wildman–Crippen LogP) is 2.95. The molecule has 0 saturated carbocycles.